The fourth-order valence-corrected chi connectivity index (χ4v) is 3.62. The van der Waals surface area contributed by atoms with Crippen LogP contribution in [0.2, 0.25) is 0 Å². The molecule has 1 saturated heterocycles. The van der Waals surface area contributed by atoms with Gasteiger partial charge in [0, 0.05) is 18.0 Å². The monoisotopic (exact) mass is 375 g/mol. The Labute approximate surface area is 162 Å². The number of piperidine rings is 1. The molecule has 2 heterocycles. The number of amides is 2. The van der Waals surface area contributed by atoms with E-state index in [0.717, 1.165) is 47.4 Å². The van der Waals surface area contributed by atoms with Crippen LogP contribution in [0.3, 0.4) is 0 Å². The molecule has 6 nitrogen and oxygen atoms in total. The summed E-state index contributed by atoms with van der Waals surface area (Å²) in [7, 11) is 0. The maximum absolute atomic E-state index is 12.6. The summed E-state index contributed by atoms with van der Waals surface area (Å²) in [5.74, 6) is 0.951. The summed E-state index contributed by atoms with van der Waals surface area (Å²) in [6.07, 6.45) is 3.84. The SMILES string of the molecule is O=C(N[C@H]1CCCNC1=O)c1cccc(-c2ccc3oc(C4CC4)nc3c2)c1. The number of oxazole rings is 1. The predicted molar refractivity (Wildman–Crippen MR) is 105 cm³/mol. The molecule has 142 valence electrons. The summed E-state index contributed by atoms with van der Waals surface area (Å²) in [6, 6.07) is 12.9. The Morgan fingerprint density at radius 3 is 2.79 bits per heavy atom. The van der Waals surface area contributed by atoms with Crippen LogP contribution in [-0.2, 0) is 4.79 Å². The van der Waals surface area contributed by atoms with E-state index in [9.17, 15) is 9.59 Å². The third-order valence-corrected chi connectivity index (χ3v) is 5.38. The van der Waals surface area contributed by atoms with Crippen molar-refractivity contribution in [3.63, 3.8) is 0 Å². The highest BCUT2D eigenvalue weighted by Gasteiger charge is 2.29. The second kappa shape index (κ2) is 6.78. The number of carbonyl (C=O) groups excluding carboxylic acids is 2. The highest BCUT2D eigenvalue weighted by molar-refractivity contribution is 5.98. The van der Waals surface area contributed by atoms with Crippen molar-refractivity contribution < 1.29 is 14.0 Å². The van der Waals surface area contributed by atoms with E-state index >= 15 is 0 Å². The van der Waals surface area contributed by atoms with Crippen molar-refractivity contribution in [2.24, 2.45) is 0 Å². The Bertz CT molecular complexity index is 1070. The summed E-state index contributed by atoms with van der Waals surface area (Å²) in [5, 5.41) is 5.63. The molecule has 2 aromatic carbocycles. The van der Waals surface area contributed by atoms with Crippen LogP contribution in [-0.4, -0.2) is 29.4 Å². The predicted octanol–water partition coefficient (Wildman–Crippen LogP) is 3.38. The second-order valence-corrected chi connectivity index (χ2v) is 7.55. The minimum absolute atomic E-state index is 0.112. The van der Waals surface area contributed by atoms with Crippen LogP contribution in [0.5, 0.6) is 0 Å². The van der Waals surface area contributed by atoms with Gasteiger partial charge in [0.25, 0.3) is 5.91 Å². The standard InChI is InChI=1S/C22H21N3O3/c26-20(24-17-5-2-10-23-21(17)27)16-4-1-3-14(11-16)15-8-9-19-18(12-15)25-22(28-19)13-6-7-13/h1,3-4,8-9,11-13,17H,2,5-7,10H2,(H,23,27)(H,24,26)/t17-/m0/s1. The first-order chi connectivity index (χ1) is 13.7. The van der Waals surface area contributed by atoms with E-state index in [0.29, 0.717) is 24.4 Å². The number of fused-ring (bicyclic) bond motifs is 1. The first kappa shape index (κ1) is 17.0. The molecule has 2 aliphatic rings. The van der Waals surface area contributed by atoms with Gasteiger partial charge in [0.15, 0.2) is 11.5 Å². The third-order valence-electron chi connectivity index (χ3n) is 5.38. The Hall–Kier alpha value is -3.15. The van der Waals surface area contributed by atoms with E-state index in [1.807, 2.05) is 36.4 Å². The molecule has 3 aromatic rings. The maximum Gasteiger partial charge on any atom is 0.251 e. The lowest BCUT2D eigenvalue weighted by molar-refractivity contribution is -0.124. The number of benzene rings is 2. The van der Waals surface area contributed by atoms with Crippen LogP contribution in [0.4, 0.5) is 0 Å². The van der Waals surface area contributed by atoms with Crippen LogP contribution < -0.4 is 10.6 Å². The first-order valence-electron chi connectivity index (χ1n) is 9.77. The van der Waals surface area contributed by atoms with Gasteiger partial charge in [-0.25, -0.2) is 4.98 Å². The lowest BCUT2D eigenvalue weighted by Crippen LogP contribution is -2.50. The number of hydrogen-bond donors (Lipinski definition) is 2. The van der Waals surface area contributed by atoms with Gasteiger partial charge in [-0.3, -0.25) is 9.59 Å². The summed E-state index contributed by atoms with van der Waals surface area (Å²) >= 11 is 0. The molecule has 0 unspecified atom stereocenters. The zero-order valence-electron chi connectivity index (χ0n) is 15.4. The molecule has 1 aromatic heterocycles. The molecular formula is C22H21N3O3. The van der Waals surface area contributed by atoms with Gasteiger partial charge < -0.3 is 15.1 Å². The van der Waals surface area contributed by atoms with Crippen LogP contribution >= 0.6 is 0 Å². The highest BCUT2D eigenvalue weighted by atomic mass is 16.3. The second-order valence-electron chi connectivity index (χ2n) is 7.55. The molecule has 5 rings (SSSR count). The molecule has 0 bridgehead atoms. The van der Waals surface area contributed by atoms with Gasteiger partial charge in [0.1, 0.15) is 11.6 Å². The topological polar surface area (TPSA) is 84.2 Å². The molecule has 2 fully saturated rings. The molecular weight excluding hydrogens is 354 g/mol. The Balaban J connectivity index is 1.39. The largest absolute Gasteiger partial charge is 0.440 e. The minimum atomic E-state index is -0.461. The number of nitrogens with zero attached hydrogens (tertiary/aromatic N) is 1. The molecule has 1 aliphatic heterocycles. The van der Waals surface area contributed by atoms with Gasteiger partial charge in [-0.15, -0.1) is 0 Å². The van der Waals surface area contributed by atoms with Crippen LogP contribution in [0, 0.1) is 0 Å². The number of hydrogen-bond acceptors (Lipinski definition) is 4. The molecule has 1 aliphatic carbocycles. The van der Waals surface area contributed by atoms with Gasteiger partial charge in [0.05, 0.1) is 0 Å². The summed E-state index contributed by atoms with van der Waals surface area (Å²) in [4.78, 5) is 29.1. The summed E-state index contributed by atoms with van der Waals surface area (Å²) in [6.45, 7) is 0.674. The number of rotatable bonds is 4. The number of aromatic nitrogens is 1. The molecule has 1 atom stereocenters. The van der Waals surface area contributed by atoms with Crippen molar-refractivity contribution in [3.05, 3.63) is 53.9 Å². The van der Waals surface area contributed by atoms with Crippen LogP contribution in [0.15, 0.2) is 46.9 Å². The van der Waals surface area contributed by atoms with Crippen LogP contribution in [0.1, 0.15) is 47.8 Å². The molecule has 2 amide bonds. The third kappa shape index (κ3) is 3.26. The average molecular weight is 375 g/mol. The summed E-state index contributed by atoms with van der Waals surface area (Å²) in [5.41, 5.74) is 4.08. The van der Waals surface area contributed by atoms with E-state index in [4.69, 9.17) is 4.42 Å². The smallest absolute Gasteiger partial charge is 0.251 e. The Kier molecular flexibility index (Phi) is 4.11. The van der Waals surface area contributed by atoms with Crippen molar-refractivity contribution in [1.82, 2.24) is 15.6 Å². The normalized spacial score (nSPS) is 19.4. The zero-order chi connectivity index (χ0) is 19.1. The lowest BCUT2D eigenvalue weighted by atomic mass is 10.0. The van der Waals surface area contributed by atoms with E-state index in [1.165, 1.54) is 0 Å². The van der Waals surface area contributed by atoms with E-state index in [1.54, 1.807) is 6.07 Å². The van der Waals surface area contributed by atoms with Crippen molar-refractivity contribution >= 4 is 22.9 Å². The van der Waals surface area contributed by atoms with Gasteiger partial charge in [-0.05, 0) is 61.1 Å². The van der Waals surface area contributed by atoms with E-state index in [-0.39, 0.29) is 11.8 Å². The fraction of sp³-hybridized carbons (Fsp3) is 0.318. The Morgan fingerprint density at radius 1 is 1.11 bits per heavy atom. The average Bonchev–Trinajstić information content (AvgIpc) is 3.48. The molecule has 28 heavy (non-hydrogen) atoms. The van der Waals surface area contributed by atoms with Crippen molar-refractivity contribution in [2.75, 3.05) is 6.54 Å². The Morgan fingerprint density at radius 2 is 1.96 bits per heavy atom. The van der Waals surface area contributed by atoms with Gasteiger partial charge >= 0.3 is 0 Å². The van der Waals surface area contributed by atoms with Crippen LogP contribution in [0.25, 0.3) is 22.2 Å². The number of carbonyl (C=O) groups is 2. The van der Waals surface area contributed by atoms with E-state index < -0.39 is 6.04 Å². The van der Waals surface area contributed by atoms with Gasteiger partial charge in [0.2, 0.25) is 5.91 Å². The fourth-order valence-electron chi connectivity index (χ4n) is 3.62. The zero-order valence-corrected chi connectivity index (χ0v) is 15.4. The van der Waals surface area contributed by atoms with Gasteiger partial charge in [-0.2, -0.15) is 0 Å². The summed E-state index contributed by atoms with van der Waals surface area (Å²) < 4.78 is 5.83. The minimum Gasteiger partial charge on any atom is -0.440 e. The van der Waals surface area contributed by atoms with Crippen molar-refractivity contribution in [2.45, 2.75) is 37.6 Å². The highest BCUT2D eigenvalue weighted by Crippen LogP contribution is 2.40. The van der Waals surface area contributed by atoms with Crippen molar-refractivity contribution in [3.8, 4) is 11.1 Å². The molecule has 6 heteroatoms. The van der Waals surface area contributed by atoms with E-state index in [2.05, 4.69) is 15.6 Å². The number of nitrogens with one attached hydrogen (secondary N) is 2. The molecule has 1 saturated carbocycles. The first-order valence-corrected chi connectivity index (χ1v) is 9.77. The molecule has 0 radical (unpaired) electrons. The maximum atomic E-state index is 12.6. The molecule has 0 spiro atoms. The van der Waals surface area contributed by atoms with Crippen molar-refractivity contribution in [1.29, 1.82) is 0 Å². The lowest BCUT2D eigenvalue weighted by Gasteiger charge is -2.22. The molecule has 2 N–H and O–H groups in total. The van der Waals surface area contributed by atoms with Gasteiger partial charge in [-0.1, -0.05) is 18.2 Å². The quantitative estimate of drug-likeness (QED) is 0.732.